The minimum absolute atomic E-state index is 0.387. The first-order chi connectivity index (χ1) is 9.19. The van der Waals surface area contributed by atoms with Gasteiger partial charge in [0.25, 0.3) is 0 Å². The van der Waals surface area contributed by atoms with Crippen molar-refractivity contribution in [3.05, 3.63) is 54.4 Å². The average Bonchev–Trinajstić information content (AvgIpc) is 2.81. The van der Waals surface area contributed by atoms with Gasteiger partial charge in [-0.1, -0.05) is 0 Å². The monoisotopic (exact) mass is 260 g/mol. The highest BCUT2D eigenvalue weighted by Gasteiger charge is 2.12. The molecule has 0 atom stereocenters. The van der Waals surface area contributed by atoms with Crippen molar-refractivity contribution in [2.24, 2.45) is 0 Å². The van der Waals surface area contributed by atoms with Crippen LogP contribution < -0.4 is 4.74 Å². The van der Waals surface area contributed by atoms with Gasteiger partial charge in [0, 0.05) is 11.8 Å². The van der Waals surface area contributed by atoms with Gasteiger partial charge in [-0.3, -0.25) is 4.40 Å². The summed E-state index contributed by atoms with van der Waals surface area (Å²) in [7, 11) is 1.50. The molecular formula is C14H10F2N2O. The van der Waals surface area contributed by atoms with Crippen LogP contribution in [-0.2, 0) is 0 Å². The Bertz CT molecular complexity index is 752. The van der Waals surface area contributed by atoms with Gasteiger partial charge in [-0.25, -0.2) is 13.8 Å². The second-order valence-corrected chi connectivity index (χ2v) is 4.06. The van der Waals surface area contributed by atoms with Gasteiger partial charge in [-0.2, -0.15) is 0 Å². The third kappa shape index (κ3) is 1.93. The Labute approximate surface area is 108 Å². The van der Waals surface area contributed by atoms with Crippen LogP contribution in [0.25, 0.3) is 16.9 Å². The highest BCUT2D eigenvalue weighted by atomic mass is 19.1. The molecule has 0 N–H and O–H groups in total. The summed E-state index contributed by atoms with van der Waals surface area (Å²) in [4.78, 5) is 4.16. The maximum absolute atomic E-state index is 13.4. The van der Waals surface area contributed by atoms with Crippen LogP contribution in [0, 0.1) is 11.6 Å². The normalized spacial score (nSPS) is 10.9. The van der Waals surface area contributed by atoms with Gasteiger partial charge in [0.15, 0.2) is 0 Å². The summed E-state index contributed by atoms with van der Waals surface area (Å²) in [5, 5.41) is 0. The third-order valence-electron chi connectivity index (χ3n) is 2.91. The van der Waals surface area contributed by atoms with Crippen molar-refractivity contribution >= 4 is 5.65 Å². The minimum Gasteiger partial charge on any atom is -0.496 e. The fourth-order valence-corrected chi connectivity index (χ4v) is 2.03. The fourth-order valence-electron chi connectivity index (χ4n) is 2.03. The zero-order chi connectivity index (χ0) is 13.4. The van der Waals surface area contributed by atoms with Crippen molar-refractivity contribution in [1.29, 1.82) is 0 Å². The first-order valence-electron chi connectivity index (χ1n) is 5.65. The molecule has 2 aromatic heterocycles. The van der Waals surface area contributed by atoms with Crippen LogP contribution in [0.2, 0.25) is 0 Å². The Morgan fingerprint density at radius 2 is 1.89 bits per heavy atom. The van der Waals surface area contributed by atoms with Crippen molar-refractivity contribution in [3.63, 3.8) is 0 Å². The van der Waals surface area contributed by atoms with E-state index < -0.39 is 0 Å². The van der Waals surface area contributed by atoms with Gasteiger partial charge in [-0.15, -0.1) is 0 Å². The molecule has 1 aromatic carbocycles. The highest BCUT2D eigenvalue weighted by Crippen LogP contribution is 2.31. The van der Waals surface area contributed by atoms with Gasteiger partial charge < -0.3 is 4.74 Å². The second-order valence-electron chi connectivity index (χ2n) is 4.06. The quantitative estimate of drug-likeness (QED) is 0.706. The number of ether oxygens (including phenoxy) is 1. The van der Waals surface area contributed by atoms with E-state index in [1.165, 1.54) is 37.6 Å². The molecule has 0 bridgehead atoms. The standard InChI is InChI=1S/C14H10F2N2O/c1-19-13-4-2-9(15)6-11(13)12-7-17-14-5-3-10(16)8-18(12)14/h2-8H,1H3. The number of fused-ring (bicyclic) bond motifs is 1. The predicted octanol–water partition coefficient (Wildman–Crippen LogP) is 3.29. The summed E-state index contributed by atoms with van der Waals surface area (Å²) in [6, 6.07) is 7.07. The maximum atomic E-state index is 13.4. The van der Waals surface area contributed by atoms with E-state index in [1.807, 2.05) is 0 Å². The highest BCUT2D eigenvalue weighted by molar-refractivity contribution is 5.70. The van der Waals surface area contributed by atoms with Gasteiger partial charge in [-0.05, 0) is 30.3 Å². The number of pyridine rings is 1. The molecule has 3 aromatic rings. The summed E-state index contributed by atoms with van der Waals surface area (Å²) >= 11 is 0. The number of rotatable bonds is 2. The molecule has 3 rings (SSSR count). The number of halogens is 2. The van der Waals surface area contributed by atoms with Crippen molar-refractivity contribution in [2.45, 2.75) is 0 Å². The van der Waals surface area contributed by atoms with Crippen LogP contribution >= 0.6 is 0 Å². The lowest BCUT2D eigenvalue weighted by molar-refractivity contribution is 0.415. The van der Waals surface area contributed by atoms with Crippen LogP contribution in [0.15, 0.2) is 42.7 Å². The summed E-state index contributed by atoms with van der Waals surface area (Å²) in [5.74, 6) is -0.267. The smallest absolute Gasteiger partial charge is 0.139 e. The molecule has 0 saturated heterocycles. The molecule has 5 heteroatoms. The summed E-state index contributed by atoms with van der Waals surface area (Å²) in [5.41, 5.74) is 1.69. The molecule has 0 fully saturated rings. The summed E-state index contributed by atoms with van der Waals surface area (Å²) in [6.45, 7) is 0. The first-order valence-corrected chi connectivity index (χ1v) is 5.65. The maximum Gasteiger partial charge on any atom is 0.139 e. The van der Waals surface area contributed by atoms with Crippen LogP contribution in [-0.4, -0.2) is 16.5 Å². The molecule has 0 aliphatic carbocycles. The van der Waals surface area contributed by atoms with E-state index in [4.69, 9.17) is 4.74 Å². The number of aromatic nitrogens is 2. The molecule has 19 heavy (non-hydrogen) atoms. The SMILES string of the molecule is COc1ccc(F)cc1-c1cnc2ccc(F)cn12. The topological polar surface area (TPSA) is 26.5 Å². The van der Waals surface area contributed by atoms with E-state index in [0.29, 0.717) is 22.7 Å². The third-order valence-corrected chi connectivity index (χ3v) is 2.91. The summed E-state index contributed by atoms with van der Waals surface area (Å²) in [6.07, 6.45) is 2.87. The summed E-state index contributed by atoms with van der Waals surface area (Å²) < 4.78 is 33.5. The molecular weight excluding hydrogens is 250 g/mol. The molecule has 2 heterocycles. The van der Waals surface area contributed by atoms with Gasteiger partial charge in [0.05, 0.1) is 19.0 Å². The van der Waals surface area contributed by atoms with Gasteiger partial charge in [0.1, 0.15) is 23.0 Å². The van der Waals surface area contributed by atoms with Crippen molar-refractivity contribution in [2.75, 3.05) is 7.11 Å². The number of nitrogens with zero attached hydrogens (tertiary/aromatic N) is 2. The van der Waals surface area contributed by atoms with E-state index >= 15 is 0 Å². The molecule has 0 saturated carbocycles. The van der Waals surface area contributed by atoms with Gasteiger partial charge in [0.2, 0.25) is 0 Å². The molecule has 0 radical (unpaired) electrons. The van der Waals surface area contributed by atoms with Crippen LogP contribution in [0.5, 0.6) is 5.75 Å². The average molecular weight is 260 g/mol. The number of benzene rings is 1. The zero-order valence-corrected chi connectivity index (χ0v) is 10.1. The Balaban J connectivity index is 2.29. The van der Waals surface area contributed by atoms with Crippen LogP contribution in [0.1, 0.15) is 0 Å². The molecule has 0 unspecified atom stereocenters. The predicted molar refractivity (Wildman–Crippen MR) is 67.1 cm³/mol. The van der Waals surface area contributed by atoms with E-state index in [1.54, 1.807) is 16.7 Å². The Kier molecular flexibility index (Phi) is 2.67. The van der Waals surface area contributed by atoms with E-state index in [2.05, 4.69) is 4.98 Å². The molecule has 0 amide bonds. The molecule has 0 aliphatic rings. The van der Waals surface area contributed by atoms with Crippen LogP contribution in [0.4, 0.5) is 8.78 Å². The lowest BCUT2D eigenvalue weighted by atomic mass is 10.1. The van der Waals surface area contributed by atoms with E-state index in [9.17, 15) is 8.78 Å². The lowest BCUT2D eigenvalue weighted by Gasteiger charge is -2.08. The number of methoxy groups -OCH3 is 1. The number of hydrogen-bond acceptors (Lipinski definition) is 2. The fraction of sp³-hybridized carbons (Fsp3) is 0.0714. The Hall–Kier alpha value is -2.43. The van der Waals surface area contributed by atoms with E-state index in [-0.39, 0.29) is 11.6 Å². The minimum atomic E-state index is -0.387. The van der Waals surface area contributed by atoms with Crippen molar-refractivity contribution in [3.8, 4) is 17.0 Å². The molecule has 96 valence electrons. The number of hydrogen-bond donors (Lipinski definition) is 0. The zero-order valence-electron chi connectivity index (χ0n) is 10.1. The Morgan fingerprint density at radius 1 is 1.11 bits per heavy atom. The van der Waals surface area contributed by atoms with Crippen LogP contribution in [0.3, 0.4) is 0 Å². The Morgan fingerprint density at radius 3 is 2.68 bits per heavy atom. The molecule has 0 aliphatic heterocycles. The van der Waals surface area contributed by atoms with Crippen molar-refractivity contribution < 1.29 is 13.5 Å². The first kappa shape index (κ1) is 11.6. The largest absolute Gasteiger partial charge is 0.496 e. The number of imidazole rings is 1. The molecule has 0 spiro atoms. The molecule has 3 nitrogen and oxygen atoms in total. The lowest BCUT2D eigenvalue weighted by Crippen LogP contribution is -1.93. The van der Waals surface area contributed by atoms with Gasteiger partial charge >= 0.3 is 0 Å². The van der Waals surface area contributed by atoms with E-state index in [0.717, 1.165) is 0 Å². The second kappa shape index (κ2) is 4.35. The van der Waals surface area contributed by atoms with Crippen molar-refractivity contribution in [1.82, 2.24) is 9.38 Å².